The molecule has 0 spiro atoms. The minimum Gasteiger partial charge on any atom is -0.507 e. The molecule has 0 amide bonds. The number of benzene rings is 1. The van der Waals surface area contributed by atoms with Gasteiger partial charge < -0.3 is 21.1 Å². The van der Waals surface area contributed by atoms with Crippen molar-refractivity contribution in [2.75, 3.05) is 36.8 Å². The van der Waals surface area contributed by atoms with E-state index in [9.17, 15) is 5.11 Å². The van der Waals surface area contributed by atoms with Crippen molar-refractivity contribution in [3.63, 3.8) is 0 Å². The van der Waals surface area contributed by atoms with Gasteiger partial charge in [0.15, 0.2) is 0 Å². The van der Waals surface area contributed by atoms with Crippen LogP contribution >= 0.6 is 0 Å². The topological polar surface area (TPSA) is 87.3 Å². The van der Waals surface area contributed by atoms with E-state index in [1.807, 2.05) is 18.2 Å². The number of nitrogens with zero attached hydrogens (tertiary/aromatic N) is 3. The zero-order valence-electron chi connectivity index (χ0n) is 11.1. The third-order valence-corrected chi connectivity index (χ3v) is 3.35. The van der Waals surface area contributed by atoms with Crippen molar-refractivity contribution >= 4 is 11.8 Å². The number of para-hydroxylation sites is 1. The molecule has 0 atom stereocenters. The van der Waals surface area contributed by atoms with Crippen molar-refractivity contribution in [2.24, 2.45) is 0 Å². The highest BCUT2D eigenvalue weighted by molar-refractivity contribution is 5.70. The molecule has 3 rings (SSSR count). The normalized spacial score (nSPS) is 15.3. The number of piperazine rings is 1. The summed E-state index contributed by atoms with van der Waals surface area (Å²) in [6.07, 6.45) is 0. The van der Waals surface area contributed by atoms with Gasteiger partial charge in [-0.1, -0.05) is 12.1 Å². The van der Waals surface area contributed by atoms with Gasteiger partial charge in [-0.2, -0.15) is 4.98 Å². The number of nitrogens with one attached hydrogen (secondary N) is 1. The van der Waals surface area contributed by atoms with Gasteiger partial charge in [-0.05, 0) is 12.1 Å². The van der Waals surface area contributed by atoms with Gasteiger partial charge in [-0.15, -0.1) is 0 Å². The molecule has 6 heteroatoms. The first-order chi connectivity index (χ1) is 9.74. The van der Waals surface area contributed by atoms with Crippen LogP contribution in [0.2, 0.25) is 0 Å². The standard InChI is InChI=1S/C14H17N5O/c15-14-17-11(10-3-1-2-4-12(10)20)9-13(18-14)19-7-5-16-6-8-19/h1-4,9,16,20H,5-8H2,(H2,15,17,18). The molecule has 104 valence electrons. The maximum atomic E-state index is 9.93. The van der Waals surface area contributed by atoms with Gasteiger partial charge in [0.25, 0.3) is 0 Å². The van der Waals surface area contributed by atoms with Crippen LogP contribution in [0.3, 0.4) is 0 Å². The van der Waals surface area contributed by atoms with Crippen LogP contribution in [-0.2, 0) is 0 Å². The Hall–Kier alpha value is -2.34. The van der Waals surface area contributed by atoms with Gasteiger partial charge in [-0.3, -0.25) is 0 Å². The van der Waals surface area contributed by atoms with E-state index in [0.29, 0.717) is 11.3 Å². The monoisotopic (exact) mass is 271 g/mol. The van der Waals surface area contributed by atoms with Gasteiger partial charge in [0, 0.05) is 37.8 Å². The number of aromatic hydroxyl groups is 1. The average molecular weight is 271 g/mol. The molecule has 1 aliphatic rings. The van der Waals surface area contributed by atoms with E-state index in [1.54, 1.807) is 12.1 Å². The van der Waals surface area contributed by atoms with Crippen LogP contribution in [0.5, 0.6) is 5.75 Å². The number of phenols is 1. The van der Waals surface area contributed by atoms with E-state index in [1.165, 1.54) is 0 Å². The Balaban J connectivity index is 2.00. The minimum absolute atomic E-state index is 0.192. The fourth-order valence-corrected chi connectivity index (χ4v) is 2.34. The largest absolute Gasteiger partial charge is 0.507 e. The van der Waals surface area contributed by atoms with E-state index in [2.05, 4.69) is 20.2 Å². The van der Waals surface area contributed by atoms with Gasteiger partial charge in [0.2, 0.25) is 5.95 Å². The molecule has 0 saturated carbocycles. The number of hydrogen-bond donors (Lipinski definition) is 3. The fourth-order valence-electron chi connectivity index (χ4n) is 2.34. The summed E-state index contributed by atoms with van der Waals surface area (Å²) in [4.78, 5) is 10.7. The summed E-state index contributed by atoms with van der Waals surface area (Å²) in [7, 11) is 0. The molecule has 0 bridgehead atoms. The highest BCUT2D eigenvalue weighted by Gasteiger charge is 2.15. The fraction of sp³-hybridized carbons (Fsp3) is 0.286. The Morgan fingerprint density at radius 1 is 1.15 bits per heavy atom. The molecule has 1 saturated heterocycles. The second-order valence-corrected chi connectivity index (χ2v) is 4.72. The second kappa shape index (κ2) is 5.34. The molecular weight excluding hydrogens is 254 g/mol. The lowest BCUT2D eigenvalue weighted by Crippen LogP contribution is -2.44. The van der Waals surface area contributed by atoms with E-state index in [0.717, 1.165) is 32.0 Å². The Bertz CT molecular complexity index is 610. The number of hydrogen-bond acceptors (Lipinski definition) is 6. The summed E-state index contributed by atoms with van der Waals surface area (Å²) in [6, 6.07) is 8.96. The van der Waals surface area contributed by atoms with Crippen molar-refractivity contribution in [1.82, 2.24) is 15.3 Å². The summed E-state index contributed by atoms with van der Waals surface area (Å²) in [5, 5.41) is 13.2. The summed E-state index contributed by atoms with van der Waals surface area (Å²) in [5.41, 5.74) is 7.11. The van der Waals surface area contributed by atoms with E-state index < -0.39 is 0 Å². The SMILES string of the molecule is Nc1nc(-c2ccccc2O)cc(N2CCNCC2)n1. The molecule has 0 aliphatic carbocycles. The number of nitrogens with two attached hydrogens (primary N) is 1. The van der Waals surface area contributed by atoms with Gasteiger partial charge >= 0.3 is 0 Å². The summed E-state index contributed by atoms with van der Waals surface area (Å²) >= 11 is 0. The third-order valence-electron chi connectivity index (χ3n) is 3.35. The minimum atomic E-state index is 0.192. The molecule has 1 fully saturated rings. The van der Waals surface area contributed by atoms with E-state index >= 15 is 0 Å². The van der Waals surface area contributed by atoms with Crippen LogP contribution in [-0.4, -0.2) is 41.3 Å². The molecule has 1 aromatic heterocycles. The third kappa shape index (κ3) is 2.50. The second-order valence-electron chi connectivity index (χ2n) is 4.72. The molecule has 20 heavy (non-hydrogen) atoms. The molecule has 1 aromatic carbocycles. The number of phenolic OH excluding ortho intramolecular Hbond substituents is 1. The zero-order valence-corrected chi connectivity index (χ0v) is 11.1. The Morgan fingerprint density at radius 3 is 2.65 bits per heavy atom. The van der Waals surface area contributed by atoms with Gasteiger partial charge in [0.05, 0.1) is 5.69 Å². The summed E-state index contributed by atoms with van der Waals surface area (Å²) < 4.78 is 0. The van der Waals surface area contributed by atoms with Crippen LogP contribution in [0.4, 0.5) is 11.8 Å². The van der Waals surface area contributed by atoms with Crippen molar-refractivity contribution in [3.05, 3.63) is 30.3 Å². The molecule has 0 unspecified atom stereocenters. The van der Waals surface area contributed by atoms with Crippen LogP contribution in [0.1, 0.15) is 0 Å². The highest BCUT2D eigenvalue weighted by atomic mass is 16.3. The number of rotatable bonds is 2. The number of anilines is 2. The summed E-state index contributed by atoms with van der Waals surface area (Å²) in [5.74, 6) is 1.22. The molecule has 4 N–H and O–H groups in total. The van der Waals surface area contributed by atoms with Crippen molar-refractivity contribution in [2.45, 2.75) is 0 Å². The Kier molecular flexibility index (Phi) is 3.39. The lowest BCUT2D eigenvalue weighted by atomic mass is 10.1. The van der Waals surface area contributed by atoms with Crippen molar-refractivity contribution < 1.29 is 5.11 Å². The lowest BCUT2D eigenvalue weighted by Gasteiger charge is -2.28. The smallest absolute Gasteiger partial charge is 0.222 e. The summed E-state index contributed by atoms with van der Waals surface area (Å²) in [6.45, 7) is 3.62. The maximum absolute atomic E-state index is 9.93. The molecule has 6 nitrogen and oxygen atoms in total. The average Bonchev–Trinajstić information content (AvgIpc) is 2.48. The van der Waals surface area contributed by atoms with E-state index in [4.69, 9.17) is 5.73 Å². The first-order valence-electron chi connectivity index (χ1n) is 6.62. The molecule has 2 aromatic rings. The van der Waals surface area contributed by atoms with Crippen LogP contribution in [0, 0.1) is 0 Å². The molecule has 0 radical (unpaired) electrons. The van der Waals surface area contributed by atoms with Crippen LogP contribution < -0.4 is 16.0 Å². The van der Waals surface area contributed by atoms with Gasteiger partial charge in [0.1, 0.15) is 11.6 Å². The predicted molar refractivity (Wildman–Crippen MR) is 78.6 cm³/mol. The lowest BCUT2D eigenvalue weighted by molar-refractivity contribution is 0.477. The number of aromatic nitrogens is 2. The van der Waals surface area contributed by atoms with Crippen LogP contribution in [0.15, 0.2) is 30.3 Å². The number of nitrogen functional groups attached to an aromatic ring is 1. The van der Waals surface area contributed by atoms with Crippen molar-refractivity contribution in [3.8, 4) is 17.0 Å². The van der Waals surface area contributed by atoms with Crippen molar-refractivity contribution in [1.29, 1.82) is 0 Å². The van der Waals surface area contributed by atoms with Crippen LogP contribution in [0.25, 0.3) is 11.3 Å². The predicted octanol–water partition coefficient (Wildman–Crippen LogP) is 0.841. The molecular formula is C14H17N5O. The zero-order chi connectivity index (χ0) is 13.9. The Labute approximate surface area is 117 Å². The molecule has 2 heterocycles. The first-order valence-corrected chi connectivity index (χ1v) is 6.62. The maximum Gasteiger partial charge on any atom is 0.222 e. The highest BCUT2D eigenvalue weighted by Crippen LogP contribution is 2.29. The Morgan fingerprint density at radius 2 is 1.90 bits per heavy atom. The quantitative estimate of drug-likeness (QED) is 0.750. The van der Waals surface area contributed by atoms with E-state index in [-0.39, 0.29) is 11.7 Å². The molecule has 1 aliphatic heterocycles. The van der Waals surface area contributed by atoms with Gasteiger partial charge in [-0.25, -0.2) is 4.98 Å². The first kappa shape index (κ1) is 12.7.